The van der Waals surface area contributed by atoms with Crippen LogP contribution in [0.1, 0.15) is 0 Å². The van der Waals surface area contributed by atoms with E-state index in [0.717, 1.165) is 11.3 Å². The van der Waals surface area contributed by atoms with E-state index in [9.17, 15) is 0 Å². The zero-order valence-electron chi connectivity index (χ0n) is 10.8. The quantitative estimate of drug-likeness (QED) is 0.784. The summed E-state index contributed by atoms with van der Waals surface area (Å²) in [5.41, 5.74) is 7.84. The Morgan fingerprint density at radius 2 is 1.95 bits per heavy atom. The summed E-state index contributed by atoms with van der Waals surface area (Å²) < 4.78 is 10.3. The van der Waals surface area contributed by atoms with Crippen molar-refractivity contribution >= 4 is 5.69 Å². The number of ether oxygens (including phenoxy) is 1. The second-order valence-corrected chi connectivity index (χ2v) is 4.11. The number of anilines is 1. The van der Waals surface area contributed by atoms with Gasteiger partial charge in [-0.25, -0.2) is 0 Å². The van der Waals surface area contributed by atoms with Crippen molar-refractivity contribution in [3.63, 3.8) is 0 Å². The summed E-state index contributed by atoms with van der Waals surface area (Å²) in [7, 11) is 1.62. The first-order valence-corrected chi connectivity index (χ1v) is 5.96. The Labute approximate surface area is 115 Å². The lowest BCUT2D eigenvalue weighted by atomic mass is 10.2. The molecule has 6 heteroatoms. The number of nitrogen functional groups attached to an aromatic ring is 1. The highest BCUT2D eigenvalue weighted by Crippen LogP contribution is 2.26. The molecule has 3 rings (SSSR count). The van der Waals surface area contributed by atoms with Gasteiger partial charge < -0.3 is 15.0 Å². The van der Waals surface area contributed by atoms with Crippen LogP contribution in [0.3, 0.4) is 0 Å². The highest BCUT2D eigenvalue weighted by atomic mass is 16.5. The summed E-state index contributed by atoms with van der Waals surface area (Å²) in [6.45, 7) is 0. The molecule has 2 N–H and O–H groups in total. The molecule has 20 heavy (non-hydrogen) atoms. The SMILES string of the molecule is COc1ccc(-c2noc(-c3ccncc3N)n2)cc1. The number of pyridine rings is 1. The molecule has 0 saturated carbocycles. The van der Waals surface area contributed by atoms with Crippen molar-refractivity contribution in [1.82, 2.24) is 15.1 Å². The number of hydrogen-bond donors (Lipinski definition) is 1. The van der Waals surface area contributed by atoms with E-state index >= 15 is 0 Å². The standard InChI is InChI=1S/C14H12N4O2/c1-19-10-4-2-9(3-5-10)13-17-14(20-18-13)11-6-7-16-8-12(11)15/h2-8H,15H2,1H3. The van der Waals surface area contributed by atoms with Crippen LogP contribution in [0.2, 0.25) is 0 Å². The third kappa shape index (κ3) is 2.18. The molecule has 100 valence electrons. The van der Waals surface area contributed by atoms with Crippen LogP contribution in [0.5, 0.6) is 5.75 Å². The molecule has 0 radical (unpaired) electrons. The summed E-state index contributed by atoms with van der Waals surface area (Å²) >= 11 is 0. The van der Waals surface area contributed by atoms with Crippen molar-refractivity contribution in [2.24, 2.45) is 0 Å². The molecule has 2 heterocycles. The van der Waals surface area contributed by atoms with Crippen LogP contribution in [-0.4, -0.2) is 22.2 Å². The van der Waals surface area contributed by atoms with Gasteiger partial charge >= 0.3 is 0 Å². The van der Waals surface area contributed by atoms with Gasteiger partial charge in [0.25, 0.3) is 5.89 Å². The van der Waals surface area contributed by atoms with Crippen LogP contribution in [0.4, 0.5) is 5.69 Å². The van der Waals surface area contributed by atoms with Crippen molar-refractivity contribution in [1.29, 1.82) is 0 Å². The number of aromatic nitrogens is 3. The fraction of sp³-hybridized carbons (Fsp3) is 0.0714. The first-order chi connectivity index (χ1) is 9.78. The van der Waals surface area contributed by atoms with Gasteiger partial charge in [0.05, 0.1) is 24.6 Å². The van der Waals surface area contributed by atoms with Crippen molar-refractivity contribution in [3.8, 4) is 28.6 Å². The maximum atomic E-state index is 5.83. The summed E-state index contributed by atoms with van der Waals surface area (Å²) in [5.74, 6) is 1.64. The number of hydrogen-bond acceptors (Lipinski definition) is 6. The highest BCUT2D eigenvalue weighted by molar-refractivity contribution is 5.70. The number of rotatable bonds is 3. The van der Waals surface area contributed by atoms with Crippen LogP contribution in [0, 0.1) is 0 Å². The molecule has 0 aliphatic rings. The summed E-state index contributed by atoms with van der Waals surface area (Å²) in [6.07, 6.45) is 3.18. The minimum absolute atomic E-state index is 0.371. The monoisotopic (exact) mass is 268 g/mol. The minimum atomic E-state index is 0.371. The normalized spacial score (nSPS) is 10.4. The Morgan fingerprint density at radius 3 is 2.65 bits per heavy atom. The molecule has 0 atom stereocenters. The summed E-state index contributed by atoms with van der Waals surface area (Å²) in [5, 5.41) is 3.96. The smallest absolute Gasteiger partial charge is 0.260 e. The molecule has 0 unspecified atom stereocenters. The maximum Gasteiger partial charge on any atom is 0.260 e. The van der Waals surface area contributed by atoms with Gasteiger partial charge in [-0.3, -0.25) is 4.98 Å². The Kier molecular flexibility index (Phi) is 3.04. The molecule has 0 bridgehead atoms. The number of nitrogens with two attached hydrogens (primary N) is 1. The van der Waals surface area contributed by atoms with Gasteiger partial charge in [0.1, 0.15) is 5.75 Å². The van der Waals surface area contributed by atoms with Crippen LogP contribution in [0.25, 0.3) is 22.8 Å². The topological polar surface area (TPSA) is 87.1 Å². The van der Waals surface area contributed by atoms with E-state index in [1.54, 1.807) is 25.6 Å². The van der Waals surface area contributed by atoms with Crippen LogP contribution in [-0.2, 0) is 0 Å². The van der Waals surface area contributed by atoms with E-state index in [1.165, 1.54) is 0 Å². The van der Waals surface area contributed by atoms with E-state index < -0.39 is 0 Å². The van der Waals surface area contributed by atoms with Gasteiger partial charge in [-0.15, -0.1) is 0 Å². The average molecular weight is 268 g/mol. The second-order valence-electron chi connectivity index (χ2n) is 4.11. The Balaban J connectivity index is 1.95. The predicted octanol–water partition coefficient (Wildman–Crippen LogP) is 2.39. The molecule has 0 aliphatic heterocycles. The summed E-state index contributed by atoms with van der Waals surface area (Å²) in [4.78, 5) is 8.27. The maximum absolute atomic E-state index is 5.83. The number of benzene rings is 1. The van der Waals surface area contributed by atoms with E-state index in [4.69, 9.17) is 15.0 Å². The molecule has 6 nitrogen and oxygen atoms in total. The molecule has 2 aromatic heterocycles. The van der Waals surface area contributed by atoms with E-state index in [-0.39, 0.29) is 0 Å². The molecule has 0 saturated heterocycles. The highest BCUT2D eigenvalue weighted by Gasteiger charge is 2.12. The van der Waals surface area contributed by atoms with Crippen LogP contribution < -0.4 is 10.5 Å². The van der Waals surface area contributed by atoms with Crippen molar-refractivity contribution in [3.05, 3.63) is 42.7 Å². The molecule has 3 aromatic rings. The number of nitrogens with zero attached hydrogens (tertiary/aromatic N) is 3. The van der Waals surface area contributed by atoms with Crippen molar-refractivity contribution in [2.75, 3.05) is 12.8 Å². The fourth-order valence-corrected chi connectivity index (χ4v) is 1.79. The third-order valence-electron chi connectivity index (χ3n) is 2.86. The molecule has 0 spiro atoms. The minimum Gasteiger partial charge on any atom is -0.497 e. The lowest BCUT2D eigenvalue weighted by Crippen LogP contribution is -1.90. The summed E-state index contributed by atoms with van der Waals surface area (Å²) in [6, 6.07) is 9.14. The van der Waals surface area contributed by atoms with Gasteiger partial charge in [0.15, 0.2) is 0 Å². The Bertz CT molecular complexity index is 722. The van der Waals surface area contributed by atoms with Gasteiger partial charge in [0, 0.05) is 11.8 Å². The van der Waals surface area contributed by atoms with E-state index in [0.29, 0.717) is 23.0 Å². The third-order valence-corrected chi connectivity index (χ3v) is 2.86. The predicted molar refractivity (Wildman–Crippen MR) is 73.9 cm³/mol. The van der Waals surface area contributed by atoms with E-state index in [1.807, 2.05) is 24.3 Å². The fourth-order valence-electron chi connectivity index (χ4n) is 1.79. The van der Waals surface area contributed by atoms with Crippen LogP contribution >= 0.6 is 0 Å². The Hall–Kier alpha value is -2.89. The van der Waals surface area contributed by atoms with E-state index in [2.05, 4.69) is 15.1 Å². The lowest BCUT2D eigenvalue weighted by molar-refractivity contribution is 0.415. The molecule has 0 aliphatic carbocycles. The molecule has 0 fully saturated rings. The Morgan fingerprint density at radius 1 is 1.15 bits per heavy atom. The van der Waals surface area contributed by atoms with Gasteiger partial charge in [0.2, 0.25) is 5.82 Å². The average Bonchev–Trinajstić information content (AvgIpc) is 2.97. The molecule has 1 aromatic carbocycles. The van der Waals surface area contributed by atoms with Crippen LogP contribution in [0.15, 0.2) is 47.2 Å². The second kappa shape index (κ2) is 5.00. The first-order valence-electron chi connectivity index (χ1n) is 5.96. The largest absolute Gasteiger partial charge is 0.497 e. The molecular formula is C14H12N4O2. The first kappa shape index (κ1) is 12.2. The number of methoxy groups -OCH3 is 1. The van der Waals surface area contributed by atoms with Crippen molar-refractivity contribution < 1.29 is 9.26 Å². The molecular weight excluding hydrogens is 256 g/mol. The van der Waals surface area contributed by atoms with Crippen molar-refractivity contribution in [2.45, 2.75) is 0 Å². The zero-order valence-corrected chi connectivity index (χ0v) is 10.8. The van der Waals surface area contributed by atoms with Gasteiger partial charge in [-0.1, -0.05) is 5.16 Å². The van der Waals surface area contributed by atoms with Gasteiger partial charge in [-0.2, -0.15) is 4.98 Å². The lowest BCUT2D eigenvalue weighted by Gasteiger charge is -1.99. The zero-order chi connectivity index (χ0) is 13.9. The molecule has 0 amide bonds. The van der Waals surface area contributed by atoms with Gasteiger partial charge in [-0.05, 0) is 30.3 Å².